The third kappa shape index (κ3) is 3.27. The molecule has 1 aromatic rings. The zero-order valence-electron chi connectivity index (χ0n) is 10.2. The van der Waals surface area contributed by atoms with E-state index in [9.17, 15) is 18.9 Å². The van der Waals surface area contributed by atoms with Crippen LogP contribution < -0.4 is 5.32 Å². The van der Waals surface area contributed by atoms with Crippen molar-refractivity contribution in [3.8, 4) is 0 Å². The van der Waals surface area contributed by atoms with Crippen molar-refractivity contribution in [1.82, 2.24) is 0 Å². The van der Waals surface area contributed by atoms with Gasteiger partial charge in [0.05, 0.1) is 11.0 Å². The van der Waals surface area contributed by atoms with Crippen LogP contribution in [0.2, 0.25) is 0 Å². The van der Waals surface area contributed by atoms with Crippen molar-refractivity contribution >= 4 is 11.4 Å². The number of hydrogen-bond acceptors (Lipinski definition) is 3. The summed E-state index contributed by atoms with van der Waals surface area (Å²) in [5.74, 6) is -1.57. The molecular formula is C13H14F2N2O2. The summed E-state index contributed by atoms with van der Waals surface area (Å²) in [6, 6.07) is 1.38. The van der Waals surface area contributed by atoms with Gasteiger partial charge in [-0.3, -0.25) is 10.1 Å². The molecule has 6 heteroatoms. The van der Waals surface area contributed by atoms with E-state index in [2.05, 4.69) is 11.4 Å². The average Bonchev–Trinajstić information content (AvgIpc) is 2.38. The number of halogens is 2. The van der Waals surface area contributed by atoms with E-state index in [-0.39, 0.29) is 5.69 Å². The fourth-order valence-corrected chi connectivity index (χ4v) is 2.17. The van der Waals surface area contributed by atoms with Gasteiger partial charge in [0.25, 0.3) is 5.69 Å². The molecule has 1 atom stereocenters. The number of allylic oxidation sites excluding steroid dienone is 2. The van der Waals surface area contributed by atoms with Gasteiger partial charge in [-0.2, -0.15) is 0 Å². The number of hydrogen-bond donors (Lipinski definition) is 1. The first-order chi connectivity index (χ1) is 9.08. The van der Waals surface area contributed by atoms with Gasteiger partial charge in [0.2, 0.25) is 0 Å². The minimum atomic E-state index is -0.949. The molecule has 0 bridgehead atoms. The Morgan fingerprint density at radius 1 is 1.37 bits per heavy atom. The van der Waals surface area contributed by atoms with E-state index in [0.29, 0.717) is 18.5 Å². The number of anilines is 1. The van der Waals surface area contributed by atoms with Crippen LogP contribution in [0.1, 0.15) is 19.3 Å². The van der Waals surface area contributed by atoms with Crippen LogP contribution in [0.4, 0.5) is 20.2 Å². The molecule has 0 spiro atoms. The van der Waals surface area contributed by atoms with E-state index in [0.717, 1.165) is 25.3 Å². The van der Waals surface area contributed by atoms with Crippen molar-refractivity contribution in [2.75, 3.05) is 11.9 Å². The van der Waals surface area contributed by atoms with Crippen LogP contribution in [0.3, 0.4) is 0 Å². The van der Waals surface area contributed by atoms with E-state index in [1.54, 1.807) is 0 Å². The molecule has 0 saturated carbocycles. The van der Waals surface area contributed by atoms with Crippen LogP contribution >= 0.6 is 0 Å². The number of rotatable bonds is 4. The number of nitro benzene ring substituents is 1. The molecule has 0 aromatic heterocycles. The topological polar surface area (TPSA) is 55.2 Å². The standard InChI is InChI=1S/C13H14F2N2O2/c14-10-6-11(15)13(12(7-10)17(18)19)16-8-9-4-2-1-3-5-9/h1-2,6-7,9,16H,3-5,8H2. The second kappa shape index (κ2) is 5.77. The van der Waals surface area contributed by atoms with Crippen molar-refractivity contribution in [2.45, 2.75) is 19.3 Å². The first kappa shape index (κ1) is 13.5. The van der Waals surface area contributed by atoms with Gasteiger partial charge in [-0.25, -0.2) is 8.78 Å². The lowest BCUT2D eigenvalue weighted by Gasteiger charge is -2.19. The summed E-state index contributed by atoms with van der Waals surface area (Å²) in [5, 5.41) is 13.5. The van der Waals surface area contributed by atoms with Crippen LogP contribution in [0.5, 0.6) is 0 Å². The minimum Gasteiger partial charge on any atom is -0.377 e. The molecule has 102 valence electrons. The summed E-state index contributed by atoms with van der Waals surface area (Å²) in [7, 11) is 0. The predicted molar refractivity (Wildman–Crippen MR) is 68.0 cm³/mol. The lowest BCUT2D eigenvalue weighted by Crippen LogP contribution is -2.17. The highest BCUT2D eigenvalue weighted by atomic mass is 19.1. The molecule has 4 nitrogen and oxygen atoms in total. The highest BCUT2D eigenvalue weighted by Gasteiger charge is 2.21. The van der Waals surface area contributed by atoms with Gasteiger partial charge < -0.3 is 5.32 Å². The van der Waals surface area contributed by atoms with E-state index >= 15 is 0 Å². The lowest BCUT2D eigenvalue weighted by molar-refractivity contribution is -0.384. The van der Waals surface area contributed by atoms with E-state index < -0.39 is 22.2 Å². The molecule has 0 heterocycles. The maximum absolute atomic E-state index is 13.6. The zero-order chi connectivity index (χ0) is 13.8. The summed E-state index contributed by atoms with van der Waals surface area (Å²) in [6.45, 7) is 0.438. The molecule has 0 amide bonds. The number of nitro groups is 1. The first-order valence-corrected chi connectivity index (χ1v) is 6.10. The number of benzene rings is 1. The van der Waals surface area contributed by atoms with Gasteiger partial charge in [0.1, 0.15) is 11.5 Å². The smallest absolute Gasteiger partial charge is 0.298 e. The molecule has 19 heavy (non-hydrogen) atoms. The second-order valence-electron chi connectivity index (χ2n) is 4.57. The van der Waals surface area contributed by atoms with Gasteiger partial charge in [-0.1, -0.05) is 12.2 Å². The Labute approximate surface area is 109 Å². The Morgan fingerprint density at radius 3 is 2.79 bits per heavy atom. The van der Waals surface area contributed by atoms with Crippen LogP contribution in [-0.4, -0.2) is 11.5 Å². The molecule has 1 N–H and O–H groups in total. The normalized spacial score (nSPS) is 18.3. The van der Waals surface area contributed by atoms with Crippen LogP contribution in [0, 0.1) is 27.7 Å². The maximum Gasteiger partial charge on any atom is 0.298 e. The highest BCUT2D eigenvalue weighted by molar-refractivity contribution is 5.62. The Bertz CT molecular complexity index is 518. The lowest BCUT2D eigenvalue weighted by atomic mass is 9.94. The molecule has 1 aromatic carbocycles. The summed E-state index contributed by atoms with van der Waals surface area (Å²) in [4.78, 5) is 10.0. The summed E-state index contributed by atoms with van der Waals surface area (Å²) in [5.41, 5.74) is -0.801. The molecule has 2 rings (SSSR count). The SMILES string of the molecule is O=[N+]([O-])c1cc(F)cc(F)c1NCC1CC=CCC1. The van der Waals surface area contributed by atoms with Crippen molar-refractivity contribution < 1.29 is 13.7 Å². The molecule has 1 aliphatic rings. The van der Waals surface area contributed by atoms with E-state index in [4.69, 9.17) is 0 Å². The van der Waals surface area contributed by atoms with Gasteiger partial charge in [-0.15, -0.1) is 0 Å². The summed E-state index contributed by atoms with van der Waals surface area (Å²) < 4.78 is 26.6. The van der Waals surface area contributed by atoms with E-state index in [1.807, 2.05) is 6.08 Å². The second-order valence-corrected chi connectivity index (χ2v) is 4.57. The Balaban J connectivity index is 2.14. The minimum absolute atomic E-state index is 0.235. The molecular weight excluding hydrogens is 254 g/mol. The maximum atomic E-state index is 13.6. The largest absolute Gasteiger partial charge is 0.377 e. The van der Waals surface area contributed by atoms with Crippen LogP contribution in [0.25, 0.3) is 0 Å². The summed E-state index contributed by atoms with van der Waals surface area (Å²) >= 11 is 0. The van der Waals surface area contributed by atoms with Gasteiger partial charge in [-0.05, 0) is 25.2 Å². The fourth-order valence-electron chi connectivity index (χ4n) is 2.17. The molecule has 1 aliphatic carbocycles. The highest BCUT2D eigenvalue weighted by Crippen LogP contribution is 2.29. The third-order valence-corrected chi connectivity index (χ3v) is 3.18. The Kier molecular flexibility index (Phi) is 4.09. The monoisotopic (exact) mass is 268 g/mol. The predicted octanol–water partition coefficient (Wildman–Crippen LogP) is 3.64. The molecule has 1 unspecified atom stereocenters. The van der Waals surface area contributed by atoms with Crippen molar-refractivity contribution in [3.05, 3.63) is 46.0 Å². The zero-order valence-corrected chi connectivity index (χ0v) is 10.2. The van der Waals surface area contributed by atoms with Crippen molar-refractivity contribution in [3.63, 3.8) is 0 Å². The van der Waals surface area contributed by atoms with Gasteiger partial charge >= 0.3 is 0 Å². The summed E-state index contributed by atoms with van der Waals surface area (Å²) in [6.07, 6.45) is 6.91. The molecule has 0 aliphatic heterocycles. The molecule has 0 radical (unpaired) electrons. The third-order valence-electron chi connectivity index (χ3n) is 3.18. The first-order valence-electron chi connectivity index (χ1n) is 6.10. The van der Waals surface area contributed by atoms with Crippen molar-refractivity contribution in [1.29, 1.82) is 0 Å². The Morgan fingerprint density at radius 2 is 2.16 bits per heavy atom. The fraction of sp³-hybridized carbons (Fsp3) is 0.385. The van der Waals surface area contributed by atoms with Gasteiger partial charge in [0.15, 0.2) is 5.82 Å². The molecule has 0 saturated heterocycles. The van der Waals surface area contributed by atoms with Crippen LogP contribution in [0.15, 0.2) is 24.3 Å². The number of nitrogens with one attached hydrogen (secondary N) is 1. The number of nitrogens with zero attached hydrogens (tertiary/aromatic N) is 1. The Hall–Kier alpha value is -1.98. The molecule has 0 fully saturated rings. The van der Waals surface area contributed by atoms with Crippen LogP contribution in [-0.2, 0) is 0 Å². The van der Waals surface area contributed by atoms with E-state index in [1.165, 1.54) is 0 Å². The van der Waals surface area contributed by atoms with Crippen molar-refractivity contribution in [2.24, 2.45) is 5.92 Å². The average molecular weight is 268 g/mol. The van der Waals surface area contributed by atoms with Gasteiger partial charge in [0, 0.05) is 12.6 Å². The quantitative estimate of drug-likeness (QED) is 0.515.